The zero-order valence-corrected chi connectivity index (χ0v) is 16.0. The predicted octanol–water partition coefficient (Wildman–Crippen LogP) is 3.29. The molecule has 1 N–H and O–H groups in total. The third-order valence-electron chi connectivity index (χ3n) is 4.47. The van der Waals surface area contributed by atoms with Gasteiger partial charge in [-0.3, -0.25) is 4.79 Å². The molecule has 1 saturated heterocycles. The smallest absolute Gasteiger partial charge is 0.276 e. The third-order valence-corrected chi connectivity index (χ3v) is 5.41. The molecular formula is C19H20FN5OS. The van der Waals surface area contributed by atoms with E-state index in [9.17, 15) is 9.18 Å². The molecule has 1 aromatic carbocycles. The molecule has 0 bridgehead atoms. The number of thioether (sulfide) groups is 1. The fraction of sp³-hybridized carbons (Fsp3) is 0.316. The standard InChI is InChI=1S/C19H20FN5OS/c1-12-3-4-15(14(20)9-12)22-19(26)16-10-17-18(24-5-7-27-8-6-24)21-13(2)11-25(17)23-16/h3-4,9-11H,5-8H2,1-2H3,(H,22,26). The Morgan fingerprint density at radius 2 is 2.00 bits per heavy atom. The number of aromatic nitrogens is 3. The van der Waals surface area contributed by atoms with Gasteiger partial charge < -0.3 is 10.2 Å². The van der Waals surface area contributed by atoms with Crippen molar-refractivity contribution >= 4 is 34.7 Å². The van der Waals surface area contributed by atoms with Crippen LogP contribution in [-0.4, -0.2) is 45.1 Å². The zero-order chi connectivity index (χ0) is 19.0. The Balaban J connectivity index is 1.67. The lowest BCUT2D eigenvalue weighted by molar-refractivity contribution is 0.102. The lowest BCUT2D eigenvalue weighted by Crippen LogP contribution is -2.33. The first-order valence-corrected chi connectivity index (χ1v) is 9.94. The van der Waals surface area contributed by atoms with Gasteiger partial charge in [0, 0.05) is 30.7 Å². The highest BCUT2D eigenvalue weighted by Crippen LogP contribution is 2.24. The number of rotatable bonds is 3. The van der Waals surface area contributed by atoms with Crippen molar-refractivity contribution in [2.75, 3.05) is 34.8 Å². The minimum absolute atomic E-state index is 0.144. The van der Waals surface area contributed by atoms with E-state index in [1.807, 2.05) is 18.7 Å². The first-order valence-electron chi connectivity index (χ1n) is 8.78. The van der Waals surface area contributed by atoms with Crippen LogP contribution in [0.4, 0.5) is 15.9 Å². The maximum absolute atomic E-state index is 14.0. The molecule has 1 amide bonds. The number of hydrogen-bond donors (Lipinski definition) is 1. The van der Waals surface area contributed by atoms with Crippen LogP contribution >= 0.6 is 11.8 Å². The van der Waals surface area contributed by atoms with E-state index in [1.165, 1.54) is 6.07 Å². The van der Waals surface area contributed by atoms with Crippen LogP contribution in [0.2, 0.25) is 0 Å². The second kappa shape index (κ2) is 7.19. The van der Waals surface area contributed by atoms with Crippen molar-refractivity contribution in [3.8, 4) is 0 Å². The molecule has 0 spiro atoms. The Bertz CT molecular complexity index is 1010. The van der Waals surface area contributed by atoms with Gasteiger partial charge in [0.05, 0.1) is 17.6 Å². The molecule has 4 rings (SSSR count). The number of aryl methyl sites for hydroxylation is 2. The summed E-state index contributed by atoms with van der Waals surface area (Å²) in [5.41, 5.74) is 2.78. The maximum Gasteiger partial charge on any atom is 0.276 e. The second-order valence-corrected chi connectivity index (χ2v) is 7.83. The van der Waals surface area contributed by atoms with Crippen molar-refractivity contribution in [3.63, 3.8) is 0 Å². The molecule has 27 heavy (non-hydrogen) atoms. The largest absolute Gasteiger partial charge is 0.353 e. The molecule has 8 heteroatoms. The number of amides is 1. The number of hydrogen-bond acceptors (Lipinski definition) is 5. The number of nitrogens with zero attached hydrogens (tertiary/aromatic N) is 4. The van der Waals surface area contributed by atoms with Crippen molar-refractivity contribution in [1.29, 1.82) is 0 Å². The topological polar surface area (TPSA) is 62.5 Å². The highest BCUT2D eigenvalue weighted by molar-refractivity contribution is 7.99. The molecule has 1 fully saturated rings. The van der Waals surface area contributed by atoms with Crippen LogP contribution in [0.3, 0.4) is 0 Å². The molecule has 140 valence electrons. The summed E-state index contributed by atoms with van der Waals surface area (Å²) in [4.78, 5) is 19.5. The molecule has 0 aliphatic carbocycles. The van der Waals surface area contributed by atoms with Gasteiger partial charge in [0.25, 0.3) is 5.91 Å². The van der Waals surface area contributed by atoms with Gasteiger partial charge in [-0.05, 0) is 31.5 Å². The number of carbonyl (C=O) groups is 1. The van der Waals surface area contributed by atoms with Gasteiger partial charge in [-0.25, -0.2) is 13.9 Å². The monoisotopic (exact) mass is 385 g/mol. The summed E-state index contributed by atoms with van der Waals surface area (Å²) < 4.78 is 15.7. The first-order chi connectivity index (χ1) is 13.0. The summed E-state index contributed by atoms with van der Waals surface area (Å²) >= 11 is 1.93. The van der Waals surface area contributed by atoms with Crippen LogP contribution in [-0.2, 0) is 0 Å². The Labute approximate surface area is 160 Å². The second-order valence-electron chi connectivity index (χ2n) is 6.60. The molecule has 3 heterocycles. The van der Waals surface area contributed by atoms with Crippen LogP contribution in [0.1, 0.15) is 21.7 Å². The molecule has 1 aliphatic rings. The van der Waals surface area contributed by atoms with Crippen molar-refractivity contribution in [2.45, 2.75) is 13.8 Å². The van der Waals surface area contributed by atoms with Crippen LogP contribution in [0, 0.1) is 19.7 Å². The number of halogens is 1. The Hall–Kier alpha value is -2.61. The highest BCUT2D eigenvalue weighted by atomic mass is 32.2. The molecule has 1 aliphatic heterocycles. The van der Waals surface area contributed by atoms with Crippen molar-refractivity contribution < 1.29 is 9.18 Å². The van der Waals surface area contributed by atoms with Crippen LogP contribution in [0.5, 0.6) is 0 Å². The third kappa shape index (κ3) is 3.62. The molecule has 6 nitrogen and oxygen atoms in total. The van der Waals surface area contributed by atoms with Gasteiger partial charge in [0.1, 0.15) is 11.3 Å². The quantitative estimate of drug-likeness (QED) is 0.750. The van der Waals surface area contributed by atoms with Gasteiger partial charge in [-0.2, -0.15) is 16.9 Å². The predicted molar refractivity (Wildman–Crippen MR) is 106 cm³/mol. The van der Waals surface area contributed by atoms with E-state index in [2.05, 4.69) is 20.3 Å². The van der Waals surface area contributed by atoms with Gasteiger partial charge in [-0.1, -0.05) is 6.07 Å². The normalized spacial score (nSPS) is 14.6. The number of nitrogens with one attached hydrogen (secondary N) is 1. The van der Waals surface area contributed by atoms with E-state index < -0.39 is 11.7 Å². The molecule has 0 atom stereocenters. The number of fused-ring (bicyclic) bond motifs is 1. The van der Waals surface area contributed by atoms with Crippen LogP contribution in [0.25, 0.3) is 5.52 Å². The molecule has 0 saturated carbocycles. The number of carbonyl (C=O) groups excluding carboxylic acids is 1. The lowest BCUT2D eigenvalue weighted by Gasteiger charge is -2.28. The van der Waals surface area contributed by atoms with Crippen molar-refractivity contribution in [1.82, 2.24) is 14.6 Å². The average molecular weight is 385 g/mol. The molecule has 3 aromatic rings. The summed E-state index contributed by atoms with van der Waals surface area (Å²) in [6.07, 6.45) is 1.79. The van der Waals surface area contributed by atoms with E-state index in [0.717, 1.165) is 47.2 Å². The number of anilines is 2. The molecule has 0 unspecified atom stereocenters. The molecular weight excluding hydrogens is 365 g/mol. The summed E-state index contributed by atoms with van der Waals surface area (Å²) in [7, 11) is 0. The molecule has 2 aromatic heterocycles. The summed E-state index contributed by atoms with van der Waals surface area (Å²) in [6.45, 7) is 5.54. The van der Waals surface area contributed by atoms with E-state index in [1.54, 1.807) is 35.8 Å². The lowest BCUT2D eigenvalue weighted by atomic mass is 10.2. The Kier molecular flexibility index (Phi) is 4.73. The van der Waals surface area contributed by atoms with E-state index in [0.29, 0.717) is 0 Å². The van der Waals surface area contributed by atoms with Gasteiger partial charge in [0.2, 0.25) is 0 Å². The Morgan fingerprint density at radius 1 is 1.22 bits per heavy atom. The number of benzene rings is 1. The van der Waals surface area contributed by atoms with Gasteiger partial charge in [-0.15, -0.1) is 0 Å². The zero-order valence-electron chi connectivity index (χ0n) is 15.2. The van der Waals surface area contributed by atoms with Crippen molar-refractivity contribution in [2.24, 2.45) is 0 Å². The summed E-state index contributed by atoms with van der Waals surface area (Å²) in [6, 6.07) is 6.41. The van der Waals surface area contributed by atoms with Gasteiger partial charge >= 0.3 is 0 Å². The average Bonchev–Trinajstić information content (AvgIpc) is 3.08. The SMILES string of the molecule is Cc1ccc(NC(=O)c2cc3c(N4CCSCC4)nc(C)cn3n2)c(F)c1. The first kappa shape index (κ1) is 17.8. The fourth-order valence-electron chi connectivity index (χ4n) is 3.12. The Morgan fingerprint density at radius 3 is 2.74 bits per heavy atom. The minimum Gasteiger partial charge on any atom is -0.353 e. The van der Waals surface area contributed by atoms with E-state index in [4.69, 9.17) is 0 Å². The van der Waals surface area contributed by atoms with E-state index >= 15 is 0 Å². The highest BCUT2D eigenvalue weighted by Gasteiger charge is 2.20. The van der Waals surface area contributed by atoms with Crippen LogP contribution in [0.15, 0.2) is 30.5 Å². The summed E-state index contributed by atoms with van der Waals surface area (Å²) in [5, 5.41) is 6.98. The van der Waals surface area contributed by atoms with Crippen LogP contribution < -0.4 is 10.2 Å². The maximum atomic E-state index is 14.0. The van der Waals surface area contributed by atoms with E-state index in [-0.39, 0.29) is 11.4 Å². The molecule has 0 radical (unpaired) electrons. The van der Waals surface area contributed by atoms with Crippen molar-refractivity contribution in [3.05, 3.63) is 53.2 Å². The minimum atomic E-state index is -0.462. The fourth-order valence-corrected chi connectivity index (χ4v) is 4.02. The summed E-state index contributed by atoms with van der Waals surface area (Å²) in [5.74, 6) is 2.03. The van der Waals surface area contributed by atoms with Gasteiger partial charge in [0.15, 0.2) is 11.5 Å².